The lowest BCUT2D eigenvalue weighted by Crippen LogP contribution is -2.41. The van der Waals surface area contributed by atoms with Gasteiger partial charge in [0.25, 0.3) is 0 Å². The fourth-order valence-electron chi connectivity index (χ4n) is 2.45. The van der Waals surface area contributed by atoms with Gasteiger partial charge in [0.05, 0.1) is 5.52 Å². The number of imide groups is 1. The number of carbonyl (C=O) groups is 2. The Labute approximate surface area is 110 Å². The third-order valence-electron chi connectivity index (χ3n) is 3.48. The first-order chi connectivity index (χ1) is 9.22. The molecule has 96 valence electrons. The van der Waals surface area contributed by atoms with Gasteiger partial charge in [-0.2, -0.15) is 0 Å². The van der Waals surface area contributed by atoms with Crippen LogP contribution in [0.15, 0.2) is 36.5 Å². The quantitative estimate of drug-likeness (QED) is 0.832. The number of hydrogen-bond acceptors (Lipinski definition) is 3. The fourth-order valence-corrected chi connectivity index (χ4v) is 2.45. The molecule has 1 unspecified atom stereocenters. The van der Waals surface area contributed by atoms with Crippen molar-refractivity contribution in [2.75, 3.05) is 0 Å². The molecule has 2 heterocycles. The zero-order valence-corrected chi connectivity index (χ0v) is 10.4. The van der Waals surface area contributed by atoms with Crippen molar-refractivity contribution < 1.29 is 9.59 Å². The summed E-state index contributed by atoms with van der Waals surface area (Å²) in [4.78, 5) is 27.2. The highest BCUT2D eigenvalue weighted by atomic mass is 16.2. The van der Waals surface area contributed by atoms with E-state index in [1.165, 1.54) is 0 Å². The zero-order chi connectivity index (χ0) is 13.2. The molecular weight excluding hydrogens is 240 g/mol. The van der Waals surface area contributed by atoms with Crippen LogP contribution in [0.1, 0.15) is 18.4 Å². The van der Waals surface area contributed by atoms with Crippen molar-refractivity contribution in [2.24, 2.45) is 5.92 Å². The van der Waals surface area contributed by atoms with E-state index in [-0.39, 0.29) is 17.7 Å². The molecule has 0 aliphatic carbocycles. The number of rotatable bonds is 2. The van der Waals surface area contributed by atoms with Crippen LogP contribution >= 0.6 is 0 Å². The van der Waals surface area contributed by atoms with E-state index < -0.39 is 0 Å². The molecule has 2 amide bonds. The van der Waals surface area contributed by atoms with Crippen LogP contribution in [0.2, 0.25) is 0 Å². The first-order valence-electron chi connectivity index (χ1n) is 6.40. The maximum Gasteiger partial charge on any atom is 0.230 e. The van der Waals surface area contributed by atoms with Crippen LogP contribution in [0.4, 0.5) is 0 Å². The second-order valence-corrected chi connectivity index (χ2v) is 4.89. The summed E-state index contributed by atoms with van der Waals surface area (Å²) in [7, 11) is 0. The Kier molecular flexibility index (Phi) is 2.99. The highest BCUT2D eigenvalue weighted by Gasteiger charge is 2.26. The number of nitrogens with one attached hydrogen (secondary N) is 1. The summed E-state index contributed by atoms with van der Waals surface area (Å²) in [6, 6.07) is 9.96. The van der Waals surface area contributed by atoms with Crippen LogP contribution in [0, 0.1) is 5.92 Å². The Bertz CT molecular complexity index is 651. The smallest absolute Gasteiger partial charge is 0.230 e. The second-order valence-electron chi connectivity index (χ2n) is 4.89. The number of nitrogens with zero attached hydrogens (tertiary/aromatic N) is 1. The largest absolute Gasteiger partial charge is 0.296 e. The first-order valence-corrected chi connectivity index (χ1v) is 6.40. The molecule has 4 heteroatoms. The zero-order valence-electron chi connectivity index (χ0n) is 10.4. The summed E-state index contributed by atoms with van der Waals surface area (Å²) in [5.74, 6) is -0.456. The average Bonchev–Trinajstić information content (AvgIpc) is 2.42. The number of fused-ring (bicyclic) bond motifs is 1. The summed E-state index contributed by atoms with van der Waals surface area (Å²) >= 11 is 0. The third-order valence-corrected chi connectivity index (χ3v) is 3.48. The third kappa shape index (κ3) is 2.47. The van der Waals surface area contributed by atoms with E-state index in [0.717, 1.165) is 16.5 Å². The van der Waals surface area contributed by atoms with Gasteiger partial charge in [-0.15, -0.1) is 0 Å². The Morgan fingerprint density at radius 2 is 2.11 bits per heavy atom. The lowest BCUT2D eigenvalue weighted by Gasteiger charge is -2.20. The van der Waals surface area contributed by atoms with Gasteiger partial charge >= 0.3 is 0 Å². The van der Waals surface area contributed by atoms with Gasteiger partial charge in [-0.3, -0.25) is 19.9 Å². The first kappa shape index (κ1) is 11.8. The Hall–Kier alpha value is -2.23. The number of piperidine rings is 1. The van der Waals surface area contributed by atoms with E-state index in [1.54, 1.807) is 0 Å². The molecule has 19 heavy (non-hydrogen) atoms. The molecule has 1 aliphatic rings. The van der Waals surface area contributed by atoms with Crippen LogP contribution < -0.4 is 5.32 Å². The minimum Gasteiger partial charge on any atom is -0.296 e. The van der Waals surface area contributed by atoms with Gasteiger partial charge in [-0.05, 0) is 30.5 Å². The van der Waals surface area contributed by atoms with Crippen molar-refractivity contribution in [3.8, 4) is 0 Å². The van der Waals surface area contributed by atoms with Crippen molar-refractivity contribution in [2.45, 2.75) is 19.3 Å². The number of amides is 2. The summed E-state index contributed by atoms with van der Waals surface area (Å²) < 4.78 is 0. The van der Waals surface area contributed by atoms with Crippen LogP contribution in [0.5, 0.6) is 0 Å². The van der Waals surface area contributed by atoms with Gasteiger partial charge in [-0.1, -0.05) is 18.2 Å². The molecule has 0 bridgehead atoms. The molecule has 2 aromatic rings. The van der Waals surface area contributed by atoms with Gasteiger partial charge in [0.15, 0.2) is 0 Å². The molecule has 1 fully saturated rings. The van der Waals surface area contributed by atoms with Crippen LogP contribution in [0.3, 0.4) is 0 Å². The van der Waals surface area contributed by atoms with Gasteiger partial charge in [-0.25, -0.2) is 0 Å². The van der Waals surface area contributed by atoms with Gasteiger partial charge < -0.3 is 0 Å². The molecular formula is C15H14N2O2. The second kappa shape index (κ2) is 4.80. The van der Waals surface area contributed by atoms with Gasteiger partial charge in [0, 0.05) is 23.9 Å². The number of carbonyl (C=O) groups excluding carboxylic acids is 2. The molecule has 0 radical (unpaired) electrons. The average molecular weight is 254 g/mol. The number of hydrogen-bond donors (Lipinski definition) is 1. The fraction of sp³-hybridized carbons (Fsp3) is 0.267. The Morgan fingerprint density at radius 3 is 2.95 bits per heavy atom. The molecule has 1 aliphatic heterocycles. The SMILES string of the molecule is O=C1CCC(Cc2cnc3ccccc3c2)C(=O)N1. The molecule has 0 spiro atoms. The molecule has 1 aromatic carbocycles. The lowest BCUT2D eigenvalue weighted by atomic mass is 9.91. The minimum atomic E-state index is -0.169. The van der Waals surface area contributed by atoms with E-state index in [4.69, 9.17) is 0 Å². The van der Waals surface area contributed by atoms with Gasteiger partial charge in [0.1, 0.15) is 0 Å². The number of benzene rings is 1. The number of pyridine rings is 1. The Balaban J connectivity index is 1.81. The van der Waals surface area contributed by atoms with E-state index in [0.29, 0.717) is 19.3 Å². The lowest BCUT2D eigenvalue weighted by molar-refractivity contribution is -0.136. The minimum absolute atomic E-state index is 0.124. The van der Waals surface area contributed by atoms with E-state index in [1.807, 2.05) is 30.5 Å². The highest BCUT2D eigenvalue weighted by molar-refractivity contribution is 5.98. The predicted molar refractivity (Wildman–Crippen MR) is 71.3 cm³/mol. The topological polar surface area (TPSA) is 59.1 Å². The number of para-hydroxylation sites is 1. The maximum absolute atomic E-state index is 11.7. The molecule has 4 nitrogen and oxygen atoms in total. The van der Waals surface area contributed by atoms with Crippen molar-refractivity contribution >= 4 is 22.7 Å². The van der Waals surface area contributed by atoms with Crippen molar-refractivity contribution in [1.29, 1.82) is 0 Å². The maximum atomic E-state index is 11.7. The van der Waals surface area contributed by atoms with Crippen molar-refractivity contribution in [3.05, 3.63) is 42.1 Å². The van der Waals surface area contributed by atoms with E-state index in [9.17, 15) is 9.59 Å². The van der Waals surface area contributed by atoms with Crippen molar-refractivity contribution in [1.82, 2.24) is 10.3 Å². The van der Waals surface area contributed by atoms with Gasteiger partial charge in [0.2, 0.25) is 11.8 Å². The molecule has 1 aromatic heterocycles. The van der Waals surface area contributed by atoms with Crippen LogP contribution in [0.25, 0.3) is 10.9 Å². The normalized spacial score (nSPS) is 19.5. The summed E-state index contributed by atoms with van der Waals surface area (Å²) in [6.07, 6.45) is 3.50. The van der Waals surface area contributed by atoms with Crippen LogP contribution in [-0.2, 0) is 16.0 Å². The van der Waals surface area contributed by atoms with E-state index in [2.05, 4.69) is 16.4 Å². The molecule has 0 saturated carbocycles. The summed E-state index contributed by atoms with van der Waals surface area (Å²) in [5, 5.41) is 3.46. The van der Waals surface area contributed by atoms with Crippen LogP contribution in [-0.4, -0.2) is 16.8 Å². The van der Waals surface area contributed by atoms with Crippen molar-refractivity contribution in [3.63, 3.8) is 0 Å². The monoisotopic (exact) mass is 254 g/mol. The number of aromatic nitrogens is 1. The predicted octanol–water partition coefficient (Wildman–Crippen LogP) is 1.83. The molecule has 1 N–H and O–H groups in total. The Morgan fingerprint density at radius 1 is 1.26 bits per heavy atom. The van der Waals surface area contributed by atoms with E-state index >= 15 is 0 Å². The highest BCUT2D eigenvalue weighted by Crippen LogP contribution is 2.20. The summed E-state index contributed by atoms with van der Waals surface area (Å²) in [5.41, 5.74) is 1.99. The standard InChI is InChI=1S/C15H14N2O2/c18-14-6-5-12(15(19)17-14)8-10-7-11-3-1-2-4-13(11)16-9-10/h1-4,7,9,12H,5-6,8H2,(H,17,18,19). The molecule has 1 saturated heterocycles. The summed E-state index contributed by atoms with van der Waals surface area (Å²) in [6.45, 7) is 0. The molecule has 3 rings (SSSR count). The molecule has 1 atom stereocenters.